The van der Waals surface area contributed by atoms with Gasteiger partial charge in [-0.25, -0.2) is 8.42 Å². The molecule has 1 heterocycles. The summed E-state index contributed by atoms with van der Waals surface area (Å²) in [5.74, 6) is -0.437. The van der Waals surface area contributed by atoms with Gasteiger partial charge in [-0.05, 0) is 68.2 Å². The average molecular weight is 423 g/mol. The van der Waals surface area contributed by atoms with Crippen molar-refractivity contribution >= 4 is 21.9 Å². The summed E-state index contributed by atoms with van der Waals surface area (Å²) in [6.07, 6.45) is 5.85. The van der Waals surface area contributed by atoms with Crippen LogP contribution in [0.5, 0.6) is 0 Å². The highest BCUT2D eigenvalue weighted by Gasteiger charge is 2.32. The molecule has 0 atom stereocenters. The Balaban J connectivity index is 1.46. The Morgan fingerprint density at radius 3 is 2.59 bits per heavy atom. The van der Waals surface area contributed by atoms with Gasteiger partial charge in [0.15, 0.2) is 0 Å². The normalized spacial score (nSPS) is 17.7. The Kier molecular flexibility index (Phi) is 7.29. The fourth-order valence-electron chi connectivity index (χ4n) is 4.07. The first kappa shape index (κ1) is 21.8. The number of hydrogen-bond donors (Lipinski definition) is 1. The van der Waals surface area contributed by atoms with Crippen molar-refractivity contribution in [1.82, 2.24) is 9.62 Å². The van der Waals surface area contributed by atoms with E-state index in [0.717, 1.165) is 24.8 Å². The van der Waals surface area contributed by atoms with E-state index in [1.807, 2.05) is 12.1 Å². The average Bonchev–Trinajstić information content (AvgIpc) is 3.21. The van der Waals surface area contributed by atoms with Gasteiger partial charge in [0.25, 0.3) is 0 Å². The molecule has 0 spiro atoms. The number of nitrogens with one attached hydrogen (secondary N) is 1. The lowest BCUT2D eigenvalue weighted by Gasteiger charge is -2.30. The third-order valence-corrected chi connectivity index (χ3v) is 7.76. The van der Waals surface area contributed by atoms with Gasteiger partial charge in [0, 0.05) is 32.0 Å². The number of sulfonamides is 1. The minimum Gasteiger partial charge on any atom is -0.469 e. The van der Waals surface area contributed by atoms with Gasteiger partial charge < -0.3 is 10.1 Å². The van der Waals surface area contributed by atoms with E-state index >= 15 is 0 Å². The minimum atomic E-state index is -3.51. The Morgan fingerprint density at radius 2 is 1.86 bits per heavy atom. The molecule has 8 heteroatoms. The number of amides is 1. The van der Waals surface area contributed by atoms with Crippen LogP contribution in [0.3, 0.4) is 0 Å². The lowest BCUT2D eigenvalue weighted by atomic mass is 9.97. The molecule has 1 aliphatic heterocycles. The maximum absolute atomic E-state index is 13.0. The van der Waals surface area contributed by atoms with Crippen molar-refractivity contribution in [3.8, 4) is 0 Å². The molecule has 0 aromatic heterocycles. The van der Waals surface area contributed by atoms with Crippen molar-refractivity contribution in [1.29, 1.82) is 0 Å². The number of ether oxygens (including phenoxy) is 1. The first-order valence-electron chi connectivity index (χ1n) is 10.4. The predicted octanol–water partition coefficient (Wildman–Crippen LogP) is 2.04. The minimum absolute atomic E-state index is 0.0300. The summed E-state index contributed by atoms with van der Waals surface area (Å²) in [7, 11) is -2.15. The molecule has 1 saturated heterocycles. The monoisotopic (exact) mass is 422 g/mol. The van der Waals surface area contributed by atoms with Crippen LogP contribution in [0.1, 0.15) is 49.7 Å². The van der Waals surface area contributed by atoms with Gasteiger partial charge in [0.05, 0.1) is 12.0 Å². The molecule has 0 radical (unpaired) electrons. The molecule has 29 heavy (non-hydrogen) atoms. The highest BCUT2D eigenvalue weighted by Crippen LogP contribution is 2.28. The summed E-state index contributed by atoms with van der Waals surface area (Å²) in [4.78, 5) is 23.8. The summed E-state index contributed by atoms with van der Waals surface area (Å²) in [5.41, 5.74) is 2.40. The van der Waals surface area contributed by atoms with Crippen LogP contribution in [0.25, 0.3) is 0 Å². The number of benzene rings is 1. The Labute approximate surface area is 172 Å². The summed E-state index contributed by atoms with van der Waals surface area (Å²) in [5, 5.41) is 2.90. The molecule has 1 amide bonds. The van der Waals surface area contributed by atoms with E-state index in [1.54, 1.807) is 6.07 Å². The zero-order chi connectivity index (χ0) is 20.9. The fraction of sp³-hybridized carbons (Fsp3) is 0.619. The van der Waals surface area contributed by atoms with E-state index in [0.29, 0.717) is 56.6 Å². The van der Waals surface area contributed by atoms with Crippen molar-refractivity contribution < 1.29 is 22.7 Å². The zero-order valence-corrected chi connectivity index (χ0v) is 17.8. The third-order valence-electron chi connectivity index (χ3n) is 5.87. The molecular weight excluding hydrogens is 392 g/mol. The molecule has 1 N–H and O–H groups in total. The zero-order valence-electron chi connectivity index (χ0n) is 17.0. The van der Waals surface area contributed by atoms with E-state index in [1.165, 1.54) is 17.0 Å². The van der Waals surface area contributed by atoms with Crippen LogP contribution < -0.4 is 5.32 Å². The van der Waals surface area contributed by atoms with Crippen LogP contribution >= 0.6 is 0 Å². The van der Waals surface area contributed by atoms with Crippen LogP contribution in [-0.4, -0.2) is 51.3 Å². The predicted molar refractivity (Wildman–Crippen MR) is 109 cm³/mol. The van der Waals surface area contributed by atoms with Gasteiger partial charge >= 0.3 is 5.97 Å². The van der Waals surface area contributed by atoms with Gasteiger partial charge in [0.1, 0.15) is 0 Å². The number of carbonyl (C=O) groups excluding carboxylic acids is 2. The number of aryl methyl sites for hydroxylation is 2. The molecule has 0 saturated carbocycles. The maximum atomic E-state index is 13.0. The summed E-state index contributed by atoms with van der Waals surface area (Å²) in [6, 6.07) is 5.48. The number of methoxy groups -OCH3 is 1. The van der Waals surface area contributed by atoms with Crippen molar-refractivity contribution in [2.24, 2.45) is 5.92 Å². The highest BCUT2D eigenvalue weighted by molar-refractivity contribution is 7.89. The molecule has 160 valence electrons. The van der Waals surface area contributed by atoms with Crippen LogP contribution in [0.4, 0.5) is 0 Å². The second kappa shape index (κ2) is 9.71. The molecule has 1 aromatic rings. The first-order valence-corrected chi connectivity index (χ1v) is 11.8. The van der Waals surface area contributed by atoms with Crippen LogP contribution in [0.15, 0.2) is 23.1 Å². The standard InChI is InChI=1S/C21H30N2O5S/c1-28-20(24)7-2-3-12-22-21(25)17-10-13-23(14-11-17)29(26,27)19-9-8-16-5-4-6-18(16)15-19/h8-9,15,17H,2-7,10-14H2,1H3,(H,22,25). The molecule has 2 aliphatic rings. The summed E-state index contributed by atoms with van der Waals surface area (Å²) < 4.78 is 32.0. The summed E-state index contributed by atoms with van der Waals surface area (Å²) in [6.45, 7) is 1.24. The van der Waals surface area contributed by atoms with Crippen molar-refractivity contribution in [3.05, 3.63) is 29.3 Å². The number of hydrogen-bond acceptors (Lipinski definition) is 5. The SMILES string of the molecule is COC(=O)CCCCNC(=O)C1CCN(S(=O)(=O)c2ccc3c(c2)CCC3)CC1. The quantitative estimate of drug-likeness (QED) is 0.511. The van der Waals surface area contributed by atoms with E-state index < -0.39 is 10.0 Å². The molecule has 0 unspecified atom stereocenters. The number of esters is 1. The van der Waals surface area contributed by atoms with Crippen molar-refractivity contribution in [2.75, 3.05) is 26.7 Å². The molecule has 1 aromatic carbocycles. The second-order valence-electron chi connectivity index (χ2n) is 7.79. The smallest absolute Gasteiger partial charge is 0.305 e. The largest absolute Gasteiger partial charge is 0.469 e. The highest BCUT2D eigenvalue weighted by atomic mass is 32.2. The number of nitrogens with zero attached hydrogens (tertiary/aromatic N) is 1. The van der Waals surface area contributed by atoms with E-state index in [9.17, 15) is 18.0 Å². The van der Waals surface area contributed by atoms with Crippen LogP contribution in [-0.2, 0) is 37.2 Å². The number of rotatable bonds is 8. The van der Waals surface area contributed by atoms with Gasteiger partial charge in [-0.2, -0.15) is 4.31 Å². The fourth-order valence-corrected chi connectivity index (χ4v) is 5.59. The Morgan fingerprint density at radius 1 is 1.14 bits per heavy atom. The lowest BCUT2D eigenvalue weighted by molar-refractivity contribution is -0.140. The molecule has 7 nitrogen and oxygen atoms in total. The number of carbonyl (C=O) groups is 2. The number of unbranched alkanes of at least 4 members (excludes halogenated alkanes) is 1. The van der Waals surface area contributed by atoms with Crippen LogP contribution in [0, 0.1) is 5.92 Å². The van der Waals surface area contributed by atoms with Crippen LogP contribution in [0.2, 0.25) is 0 Å². The molecule has 0 bridgehead atoms. The molecule has 3 rings (SSSR count). The molecular formula is C21H30N2O5S. The third kappa shape index (κ3) is 5.36. The maximum Gasteiger partial charge on any atom is 0.305 e. The molecule has 1 fully saturated rings. The van der Waals surface area contributed by atoms with Gasteiger partial charge in [-0.1, -0.05) is 6.07 Å². The lowest BCUT2D eigenvalue weighted by Crippen LogP contribution is -2.43. The van der Waals surface area contributed by atoms with Gasteiger partial charge in [-0.3, -0.25) is 9.59 Å². The summed E-state index contributed by atoms with van der Waals surface area (Å²) >= 11 is 0. The van der Waals surface area contributed by atoms with E-state index in [-0.39, 0.29) is 17.8 Å². The number of piperidine rings is 1. The van der Waals surface area contributed by atoms with E-state index in [2.05, 4.69) is 10.1 Å². The van der Waals surface area contributed by atoms with E-state index in [4.69, 9.17) is 0 Å². The number of fused-ring (bicyclic) bond motifs is 1. The first-order chi connectivity index (χ1) is 13.9. The Hall–Kier alpha value is -1.93. The van der Waals surface area contributed by atoms with Crippen molar-refractivity contribution in [2.45, 2.75) is 56.3 Å². The second-order valence-corrected chi connectivity index (χ2v) is 9.72. The Bertz CT molecular complexity index is 845. The van der Waals surface area contributed by atoms with Gasteiger partial charge in [0.2, 0.25) is 15.9 Å². The van der Waals surface area contributed by atoms with Crippen molar-refractivity contribution in [3.63, 3.8) is 0 Å². The molecule has 1 aliphatic carbocycles. The van der Waals surface area contributed by atoms with Gasteiger partial charge in [-0.15, -0.1) is 0 Å². The topological polar surface area (TPSA) is 92.8 Å².